The summed E-state index contributed by atoms with van der Waals surface area (Å²) in [4.78, 5) is 22.7. The fourth-order valence-electron chi connectivity index (χ4n) is 3.03. The van der Waals surface area contributed by atoms with Crippen LogP contribution < -0.4 is 15.4 Å². The second-order valence-electron chi connectivity index (χ2n) is 6.75. The van der Waals surface area contributed by atoms with Gasteiger partial charge in [0.2, 0.25) is 10.0 Å². The van der Waals surface area contributed by atoms with Gasteiger partial charge in [-0.3, -0.25) is 4.79 Å². The molecule has 0 aromatic rings. The summed E-state index contributed by atoms with van der Waals surface area (Å²) >= 11 is 0. The van der Waals surface area contributed by atoms with Crippen LogP contribution in [0.25, 0.3) is 0 Å². The molecule has 0 aromatic heterocycles. The summed E-state index contributed by atoms with van der Waals surface area (Å²) < 4.78 is 26.2. The van der Waals surface area contributed by atoms with Gasteiger partial charge in [0.25, 0.3) is 0 Å². The van der Waals surface area contributed by atoms with Crippen LogP contribution in [0.4, 0.5) is 4.79 Å². The Hall–Kier alpha value is -1.35. The first-order valence-electron chi connectivity index (χ1n) is 8.60. The van der Waals surface area contributed by atoms with Gasteiger partial charge in [0, 0.05) is 19.1 Å². The van der Waals surface area contributed by atoms with Crippen LogP contribution in [0.15, 0.2) is 0 Å². The highest BCUT2D eigenvalue weighted by atomic mass is 32.2. The molecule has 2 amide bonds. The highest BCUT2D eigenvalue weighted by Crippen LogP contribution is 2.25. The number of hydrogen-bond acceptors (Lipinski definition) is 4. The van der Waals surface area contributed by atoms with Crippen LogP contribution in [0.5, 0.6) is 0 Å². The fraction of sp³-hybridized carbons (Fsp3) is 0.867. The zero-order valence-electron chi connectivity index (χ0n) is 13.8. The van der Waals surface area contributed by atoms with E-state index in [-0.39, 0.29) is 24.3 Å². The number of amides is 2. The zero-order valence-corrected chi connectivity index (χ0v) is 14.6. The molecule has 2 aliphatic rings. The number of carboxylic acid groups (broad SMARTS) is 1. The molecule has 0 spiro atoms. The van der Waals surface area contributed by atoms with E-state index in [2.05, 4.69) is 15.4 Å². The van der Waals surface area contributed by atoms with Crippen molar-refractivity contribution in [2.75, 3.05) is 18.8 Å². The van der Waals surface area contributed by atoms with E-state index in [9.17, 15) is 18.0 Å². The molecule has 2 fully saturated rings. The van der Waals surface area contributed by atoms with Gasteiger partial charge in [-0.25, -0.2) is 17.9 Å². The van der Waals surface area contributed by atoms with Crippen LogP contribution >= 0.6 is 0 Å². The number of rotatable bonds is 8. The van der Waals surface area contributed by atoms with Gasteiger partial charge in [-0.15, -0.1) is 0 Å². The van der Waals surface area contributed by atoms with Crippen LogP contribution in [0.1, 0.15) is 44.9 Å². The third-order valence-electron chi connectivity index (χ3n) is 4.88. The van der Waals surface area contributed by atoms with Gasteiger partial charge in [0.1, 0.15) is 0 Å². The average molecular weight is 361 g/mol. The van der Waals surface area contributed by atoms with Crippen molar-refractivity contribution in [3.63, 3.8) is 0 Å². The van der Waals surface area contributed by atoms with Crippen LogP contribution in [0.3, 0.4) is 0 Å². The summed E-state index contributed by atoms with van der Waals surface area (Å²) in [6.07, 6.45) is 5.69. The monoisotopic (exact) mass is 361 g/mol. The van der Waals surface area contributed by atoms with Crippen LogP contribution in [0, 0.1) is 11.8 Å². The van der Waals surface area contributed by atoms with Gasteiger partial charge in [-0.05, 0) is 44.4 Å². The second kappa shape index (κ2) is 8.66. The van der Waals surface area contributed by atoms with Crippen molar-refractivity contribution in [3.8, 4) is 0 Å². The Balaban J connectivity index is 1.58. The molecule has 0 atom stereocenters. The molecule has 0 unspecified atom stereocenters. The van der Waals surface area contributed by atoms with E-state index in [1.165, 1.54) is 6.42 Å². The van der Waals surface area contributed by atoms with Gasteiger partial charge in [0.05, 0.1) is 11.7 Å². The minimum Gasteiger partial charge on any atom is -0.481 e. The van der Waals surface area contributed by atoms with E-state index in [4.69, 9.17) is 5.11 Å². The molecule has 138 valence electrons. The average Bonchev–Trinajstić information content (AvgIpc) is 2.45. The van der Waals surface area contributed by atoms with Crippen molar-refractivity contribution in [3.05, 3.63) is 0 Å². The number of nitrogens with one attached hydrogen (secondary N) is 3. The van der Waals surface area contributed by atoms with Gasteiger partial charge >= 0.3 is 12.0 Å². The first kappa shape index (κ1) is 19.0. The Kier molecular flexibility index (Phi) is 6.85. The highest BCUT2D eigenvalue weighted by Gasteiger charge is 2.26. The predicted molar refractivity (Wildman–Crippen MR) is 89.0 cm³/mol. The molecule has 24 heavy (non-hydrogen) atoms. The molecule has 0 aromatic carbocycles. The van der Waals surface area contributed by atoms with Gasteiger partial charge < -0.3 is 15.7 Å². The summed E-state index contributed by atoms with van der Waals surface area (Å²) in [7, 11) is -3.36. The number of carbonyl (C=O) groups excluding carboxylic acids is 1. The van der Waals surface area contributed by atoms with Crippen molar-refractivity contribution < 1.29 is 23.1 Å². The molecule has 8 nitrogen and oxygen atoms in total. The van der Waals surface area contributed by atoms with Gasteiger partial charge in [0.15, 0.2) is 0 Å². The molecule has 0 saturated heterocycles. The van der Waals surface area contributed by atoms with Crippen LogP contribution in [-0.4, -0.2) is 50.4 Å². The van der Waals surface area contributed by atoms with E-state index in [0.717, 1.165) is 12.8 Å². The molecule has 2 saturated carbocycles. The smallest absolute Gasteiger partial charge is 0.315 e. The van der Waals surface area contributed by atoms with Gasteiger partial charge in [-0.1, -0.05) is 6.42 Å². The van der Waals surface area contributed by atoms with Crippen molar-refractivity contribution >= 4 is 22.0 Å². The molecule has 4 N–H and O–H groups in total. The van der Waals surface area contributed by atoms with E-state index in [1.54, 1.807) is 0 Å². The normalized spacial score (nSPS) is 24.8. The summed E-state index contributed by atoms with van der Waals surface area (Å²) in [6, 6.07) is -0.447. The van der Waals surface area contributed by atoms with Crippen molar-refractivity contribution in [1.29, 1.82) is 0 Å². The molecule has 0 aliphatic heterocycles. The maximum absolute atomic E-state index is 11.8. The Bertz CT molecular complexity index is 539. The molecule has 0 heterocycles. The quantitative estimate of drug-likeness (QED) is 0.505. The third kappa shape index (κ3) is 6.27. The highest BCUT2D eigenvalue weighted by molar-refractivity contribution is 7.89. The molecule has 0 bridgehead atoms. The lowest BCUT2D eigenvalue weighted by molar-refractivity contribution is -0.142. The fourth-order valence-corrected chi connectivity index (χ4v) is 4.04. The first-order chi connectivity index (χ1) is 11.4. The van der Waals surface area contributed by atoms with Crippen LogP contribution in [0.2, 0.25) is 0 Å². The molecule has 2 rings (SSSR count). The Morgan fingerprint density at radius 2 is 1.71 bits per heavy atom. The maximum Gasteiger partial charge on any atom is 0.315 e. The number of hydrogen-bond donors (Lipinski definition) is 4. The lowest BCUT2D eigenvalue weighted by Gasteiger charge is -2.27. The molecule has 0 radical (unpaired) electrons. The minimum atomic E-state index is -3.36. The topological polar surface area (TPSA) is 125 Å². The SMILES string of the molecule is O=C(NCCS(=O)(=O)NCC1CCC1)NC1CCC(C(=O)O)CC1. The van der Waals surface area contributed by atoms with Crippen molar-refractivity contribution in [1.82, 2.24) is 15.4 Å². The summed E-state index contributed by atoms with van der Waals surface area (Å²) in [5.74, 6) is -0.786. The number of carboxylic acids is 1. The zero-order chi connectivity index (χ0) is 17.6. The standard InChI is InChI=1S/C15H27N3O5S/c19-14(20)12-4-6-13(7-5-12)18-15(21)16-8-9-24(22,23)17-10-11-2-1-3-11/h11-13,17H,1-10H2,(H,19,20)(H2,16,18,21). The van der Waals surface area contributed by atoms with Crippen molar-refractivity contribution in [2.24, 2.45) is 11.8 Å². The number of urea groups is 1. The Labute approximate surface area is 142 Å². The van der Waals surface area contributed by atoms with E-state index < -0.39 is 22.0 Å². The van der Waals surface area contributed by atoms with Crippen LogP contribution in [-0.2, 0) is 14.8 Å². The van der Waals surface area contributed by atoms with E-state index in [1.807, 2.05) is 0 Å². The molecule has 9 heteroatoms. The predicted octanol–water partition coefficient (Wildman–Crippen LogP) is 0.648. The number of carbonyl (C=O) groups is 2. The second-order valence-corrected chi connectivity index (χ2v) is 8.68. The Morgan fingerprint density at radius 3 is 2.25 bits per heavy atom. The third-order valence-corrected chi connectivity index (χ3v) is 6.23. The molecule has 2 aliphatic carbocycles. The first-order valence-corrected chi connectivity index (χ1v) is 10.3. The minimum absolute atomic E-state index is 0.0473. The lowest BCUT2D eigenvalue weighted by atomic mass is 9.86. The number of sulfonamides is 1. The summed E-state index contributed by atoms with van der Waals surface area (Å²) in [5, 5.41) is 14.3. The summed E-state index contributed by atoms with van der Waals surface area (Å²) in [6.45, 7) is 0.539. The Morgan fingerprint density at radius 1 is 1.04 bits per heavy atom. The maximum atomic E-state index is 11.8. The summed E-state index contributed by atoms with van der Waals surface area (Å²) in [5.41, 5.74) is 0. The largest absolute Gasteiger partial charge is 0.481 e. The van der Waals surface area contributed by atoms with E-state index in [0.29, 0.717) is 38.1 Å². The molecular weight excluding hydrogens is 334 g/mol. The van der Waals surface area contributed by atoms with Crippen molar-refractivity contribution in [2.45, 2.75) is 51.0 Å². The van der Waals surface area contributed by atoms with Gasteiger partial charge in [-0.2, -0.15) is 0 Å². The molecular formula is C15H27N3O5S. The van der Waals surface area contributed by atoms with E-state index >= 15 is 0 Å². The lowest BCUT2D eigenvalue weighted by Crippen LogP contribution is -2.46. The number of aliphatic carboxylic acids is 1.